The lowest BCUT2D eigenvalue weighted by molar-refractivity contribution is 0.186. The maximum absolute atomic E-state index is 10.0. The highest BCUT2D eigenvalue weighted by molar-refractivity contribution is 6.99. The Balaban J connectivity index is 5.87. The summed E-state index contributed by atoms with van der Waals surface area (Å²) in [5, 5.41) is 10.8. The Labute approximate surface area is 124 Å². The molecule has 3 heteroatoms. The van der Waals surface area contributed by atoms with Gasteiger partial charge in [0.25, 0.3) is 0 Å². The molecule has 0 rings (SSSR count). The van der Waals surface area contributed by atoms with E-state index in [1.165, 1.54) is 0 Å². The largest absolute Gasteiger partial charge is 0.393 e. The van der Waals surface area contributed by atoms with Crippen LogP contribution >= 0.6 is 0 Å². The lowest BCUT2D eigenvalue weighted by atomic mass is 10.3. The molecule has 0 aliphatic heterocycles. The molecular weight excluding hydrogens is 264 g/mol. The molecule has 116 valence electrons. The van der Waals surface area contributed by atoms with E-state index in [0.29, 0.717) is 0 Å². The zero-order valence-electron chi connectivity index (χ0n) is 15.0. The van der Waals surface area contributed by atoms with Crippen molar-refractivity contribution in [3.05, 3.63) is 0 Å². The van der Waals surface area contributed by atoms with Crippen molar-refractivity contribution in [2.75, 3.05) is 0 Å². The number of aliphatic hydroxyl groups is 1. The van der Waals surface area contributed by atoms with E-state index in [2.05, 4.69) is 61.2 Å². The van der Waals surface area contributed by atoms with Crippen molar-refractivity contribution in [3.63, 3.8) is 0 Å². The standard InChI is InChI=1S/C16H38OSi2/c1-12(2)19(13(3)4,14(5)6)16(11-15(7)17)18(8,9)10/h12-17H,11H2,1-10H3/t15-,16+/m1/s1. The fraction of sp³-hybridized carbons (Fsp3) is 1.00. The minimum absolute atomic E-state index is 0.153. The summed E-state index contributed by atoms with van der Waals surface area (Å²) >= 11 is 0. The van der Waals surface area contributed by atoms with Crippen LogP contribution in [0.1, 0.15) is 54.9 Å². The minimum Gasteiger partial charge on any atom is -0.393 e. The van der Waals surface area contributed by atoms with Crippen molar-refractivity contribution in [1.29, 1.82) is 0 Å². The van der Waals surface area contributed by atoms with E-state index in [1.807, 2.05) is 6.92 Å². The van der Waals surface area contributed by atoms with Gasteiger partial charge in [-0.2, -0.15) is 0 Å². The van der Waals surface area contributed by atoms with Crippen LogP contribution in [0.25, 0.3) is 0 Å². The van der Waals surface area contributed by atoms with Crippen molar-refractivity contribution in [1.82, 2.24) is 0 Å². The van der Waals surface area contributed by atoms with E-state index in [4.69, 9.17) is 0 Å². The van der Waals surface area contributed by atoms with Gasteiger partial charge >= 0.3 is 0 Å². The van der Waals surface area contributed by atoms with Gasteiger partial charge in [-0.3, -0.25) is 0 Å². The third-order valence-corrected chi connectivity index (χ3v) is 19.1. The van der Waals surface area contributed by atoms with Crippen LogP contribution in [-0.2, 0) is 0 Å². The molecule has 0 saturated heterocycles. The maximum Gasteiger partial charge on any atom is 0.0618 e. The molecule has 19 heavy (non-hydrogen) atoms. The highest BCUT2D eigenvalue weighted by Crippen LogP contribution is 2.54. The van der Waals surface area contributed by atoms with Crippen LogP contribution in [0.5, 0.6) is 0 Å². The summed E-state index contributed by atoms with van der Waals surface area (Å²) in [5.74, 6) is 0. The van der Waals surface area contributed by atoms with Gasteiger partial charge in [-0.15, -0.1) is 0 Å². The Kier molecular flexibility index (Phi) is 7.05. The lowest BCUT2D eigenvalue weighted by Gasteiger charge is -2.53. The first-order valence-electron chi connectivity index (χ1n) is 8.06. The molecule has 0 aromatic carbocycles. The number of rotatable bonds is 7. The quantitative estimate of drug-likeness (QED) is 0.599. The van der Waals surface area contributed by atoms with E-state index in [9.17, 15) is 5.11 Å². The van der Waals surface area contributed by atoms with Gasteiger partial charge in [-0.25, -0.2) is 0 Å². The number of aliphatic hydroxyl groups excluding tert-OH is 1. The SMILES string of the molecule is CC(C)[Si](C(C)C)(C(C)C)[C@@H](C[C@@H](C)O)[Si](C)(C)C. The molecule has 0 aromatic heterocycles. The summed E-state index contributed by atoms with van der Waals surface area (Å²) in [7, 11) is -2.72. The molecule has 0 radical (unpaired) electrons. The van der Waals surface area contributed by atoms with E-state index < -0.39 is 16.1 Å². The maximum atomic E-state index is 10.0. The first kappa shape index (κ1) is 19.4. The lowest BCUT2D eigenvalue weighted by Crippen LogP contribution is -2.56. The Morgan fingerprint density at radius 2 is 1.05 bits per heavy atom. The van der Waals surface area contributed by atoms with Gasteiger partial charge in [0, 0.05) is 8.07 Å². The summed E-state index contributed by atoms with van der Waals surface area (Å²) in [6, 6.07) is 0. The van der Waals surface area contributed by atoms with Crippen molar-refractivity contribution in [2.45, 2.75) is 102 Å². The Hall–Kier alpha value is 0.394. The second-order valence-corrected chi connectivity index (χ2v) is 20.6. The van der Waals surface area contributed by atoms with E-state index in [1.54, 1.807) is 0 Å². The average Bonchev–Trinajstić information content (AvgIpc) is 2.12. The van der Waals surface area contributed by atoms with E-state index in [0.717, 1.165) is 28.2 Å². The summed E-state index contributed by atoms with van der Waals surface area (Å²) < 4.78 is 0. The highest BCUT2D eigenvalue weighted by Gasteiger charge is 2.52. The van der Waals surface area contributed by atoms with E-state index >= 15 is 0 Å². The van der Waals surface area contributed by atoms with Gasteiger partial charge in [-0.05, 0) is 18.5 Å². The minimum atomic E-state index is -1.45. The molecule has 1 nitrogen and oxygen atoms in total. The first-order valence-corrected chi connectivity index (χ1v) is 13.9. The van der Waals surface area contributed by atoms with Gasteiger partial charge < -0.3 is 5.11 Å². The first-order chi connectivity index (χ1) is 8.38. The fourth-order valence-corrected chi connectivity index (χ4v) is 22.1. The average molecular weight is 303 g/mol. The highest BCUT2D eigenvalue weighted by atomic mass is 28.4. The third-order valence-electron chi connectivity index (χ3n) is 5.23. The van der Waals surface area contributed by atoms with Gasteiger partial charge in [0.2, 0.25) is 0 Å². The monoisotopic (exact) mass is 302 g/mol. The summed E-state index contributed by atoms with van der Waals surface area (Å²) in [5.41, 5.74) is 2.38. The molecule has 0 spiro atoms. The predicted octanol–water partition coefficient (Wildman–Crippen LogP) is 5.68. The fourth-order valence-electron chi connectivity index (χ4n) is 4.86. The summed E-state index contributed by atoms with van der Waals surface area (Å²) in [6.45, 7) is 24.2. The Bertz CT molecular complexity index is 243. The Morgan fingerprint density at radius 3 is 1.21 bits per heavy atom. The molecule has 0 aromatic rings. The Morgan fingerprint density at radius 1 is 0.737 bits per heavy atom. The zero-order valence-corrected chi connectivity index (χ0v) is 17.0. The van der Waals surface area contributed by atoms with E-state index in [-0.39, 0.29) is 6.10 Å². The third kappa shape index (κ3) is 4.18. The summed E-state index contributed by atoms with van der Waals surface area (Å²) in [4.78, 5) is 0. The van der Waals surface area contributed by atoms with Gasteiger partial charge in [0.05, 0.1) is 14.2 Å². The van der Waals surface area contributed by atoms with Gasteiger partial charge in [0.1, 0.15) is 0 Å². The van der Waals surface area contributed by atoms with Crippen molar-refractivity contribution in [3.8, 4) is 0 Å². The molecule has 0 unspecified atom stereocenters. The topological polar surface area (TPSA) is 20.2 Å². The molecule has 2 atom stereocenters. The predicted molar refractivity (Wildman–Crippen MR) is 94.4 cm³/mol. The van der Waals surface area contributed by atoms with Crippen molar-refractivity contribution >= 4 is 16.1 Å². The second-order valence-electron chi connectivity index (χ2n) is 8.47. The van der Waals surface area contributed by atoms with Crippen LogP contribution in [0, 0.1) is 0 Å². The zero-order chi connectivity index (χ0) is 15.6. The van der Waals surface area contributed by atoms with Crippen molar-refractivity contribution in [2.24, 2.45) is 0 Å². The molecule has 0 saturated carbocycles. The molecule has 0 amide bonds. The molecule has 0 aliphatic rings. The van der Waals surface area contributed by atoms with Crippen LogP contribution < -0.4 is 0 Å². The number of hydrogen-bond acceptors (Lipinski definition) is 1. The van der Waals surface area contributed by atoms with Crippen LogP contribution in [0.3, 0.4) is 0 Å². The molecule has 0 heterocycles. The van der Waals surface area contributed by atoms with Crippen LogP contribution in [-0.4, -0.2) is 27.4 Å². The van der Waals surface area contributed by atoms with Gasteiger partial charge in [-0.1, -0.05) is 77.8 Å². The van der Waals surface area contributed by atoms with Crippen molar-refractivity contribution < 1.29 is 5.11 Å². The second kappa shape index (κ2) is 6.90. The molecule has 0 fully saturated rings. The molecule has 0 aliphatic carbocycles. The normalized spacial score (nSPS) is 17.4. The van der Waals surface area contributed by atoms with Crippen LogP contribution in [0.15, 0.2) is 0 Å². The molecular formula is C16H38OSi2. The van der Waals surface area contributed by atoms with Gasteiger partial charge in [0.15, 0.2) is 0 Å². The smallest absolute Gasteiger partial charge is 0.0618 e. The van der Waals surface area contributed by atoms with Crippen LogP contribution in [0.4, 0.5) is 0 Å². The summed E-state index contributed by atoms with van der Waals surface area (Å²) in [6.07, 6.45) is 0.871. The van der Waals surface area contributed by atoms with Crippen LogP contribution in [0.2, 0.25) is 41.4 Å². The molecule has 1 N–H and O–H groups in total. The molecule has 0 bridgehead atoms. The number of hydrogen-bond donors (Lipinski definition) is 1.